The summed E-state index contributed by atoms with van der Waals surface area (Å²) in [6.45, 7) is 3.77. The highest BCUT2D eigenvalue weighted by Crippen LogP contribution is 2.21. The van der Waals surface area contributed by atoms with Gasteiger partial charge in [0.05, 0.1) is 6.54 Å². The van der Waals surface area contributed by atoms with Crippen molar-refractivity contribution >= 4 is 0 Å². The fourth-order valence-corrected chi connectivity index (χ4v) is 1.83. The average Bonchev–Trinajstić information content (AvgIpc) is 2.18. The molecule has 1 aromatic carbocycles. The third kappa shape index (κ3) is 1.38. The molecule has 0 radical (unpaired) electrons. The Morgan fingerprint density at radius 3 is 3.08 bits per heavy atom. The molecule has 1 heterocycles. The molecule has 1 aliphatic rings. The van der Waals surface area contributed by atoms with Gasteiger partial charge in [0.2, 0.25) is 0 Å². The van der Waals surface area contributed by atoms with Crippen LogP contribution < -0.4 is 0 Å². The number of aryl methyl sites for hydroxylation is 1. The second kappa shape index (κ2) is 3.10. The average molecular weight is 172 g/mol. The minimum Gasteiger partial charge on any atom is -0.306 e. The molecule has 0 saturated carbocycles. The number of nitrogens with zero attached hydrogens (tertiary/aromatic N) is 2. The molecular weight excluding hydrogens is 160 g/mol. The third-order valence-corrected chi connectivity index (χ3v) is 2.65. The second-order valence-electron chi connectivity index (χ2n) is 3.48. The summed E-state index contributed by atoms with van der Waals surface area (Å²) in [5.74, 6) is 0. The summed E-state index contributed by atoms with van der Waals surface area (Å²) < 4.78 is 0. The molecule has 0 amide bonds. The second-order valence-corrected chi connectivity index (χ2v) is 3.48. The van der Waals surface area contributed by atoms with E-state index in [0.29, 0.717) is 0 Å². The summed E-state index contributed by atoms with van der Waals surface area (Å²) in [6.07, 6.45) is 3.21. The molecule has 2 nitrogen and oxygen atoms in total. The van der Waals surface area contributed by atoms with Crippen molar-refractivity contribution in [2.24, 2.45) is 0 Å². The molecule has 0 atom stereocenters. The minimum atomic E-state index is 0.790. The molecule has 0 N–H and O–H groups in total. The molecule has 0 aliphatic carbocycles. The largest absolute Gasteiger partial charge is 0.306 e. The molecule has 0 unspecified atom stereocenters. The molecule has 0 bridgehead atoms. The number of benzene rings is 1. The van der Waals surface area contributed by atoms with Gasteiger partial charge in [-0.1, -0.05) is 18.2 Å². The van der Waals surface area contributed by atoms with Crippen LogP contribution in [0.2, 0.25) is 0 Å². The maximum Gasteiger partial charge on any atom is 0.179 e. The van der Waals surface area contributed by atoms with Crippen molar-refractivity contribution in [2.45, 2.75) is 19.9 Å². The highest BCUT2D eigenvalue weighted by Gasteiger charge is 2.15. The lowest BCUT2D eigenvalue weighted by Gasteiger charge is -2.25. The summed E-state index contributed by atoms with van der Waals surface area (Å²) in [5, 5.41) is 8.78. The van der Waals surface area contributed by atoms with Crippen molar-refractivity contribution in [3.05, 3.63) is 34.9 Å². The Balaban J connectivity index is 2.39. The normalized spacial score (nSPS) is 14.9. The molecule has 0 spiro atoms. The van der Waals surface area contributed by atoms with Crippen molar-refractivity contribution < 1.29 is 0 Å². The van der Waals surface area contributed by atoms with Gasteiger partial charge in [-0.3, -0.25) is 0 Å². The Labute approximate surface area is 78.4 Å². The van der Waals surface area contributed by atoms with E-state index in [1.807, 2.05) is 4.90 Å². The number of fused-ring (bicyclic) bond motifs is 1. The van der Waals surface area contributed by atoms with E-state index >= 15 is 0 Å². The van der Waals surface area contributed by atoms with Crippen LogP contribution in [0.1, 0.15) is 16.7 Å². The van der Waals surface area contributed by atoms with Crippen molar-refractivity contribution in [1.82, 2.24) is 4.90 Å². The van der Waals surface area contributed by atoms with Crippen LogP contribution in [0, 0.1) is 18.4 Å². The fourth-order valence-electron chi connectivity index (χ4n) is 1.83. The Bertz CT molecular complexity index is 363. The summed E-state index contributed by atoms with van der Waals surface area (Å²) in [7, 11) is 0. The van der Waals surface area contributed by atoms with Gasteiger partial charge in [-0.05, 0) is 30.0 Å². The first kappa shape index (κ1) is 8.12. The monoisotopic (exact) mass is 172 g/mol. The van der Waals surface area contributed by atoms with Gasteiger partial charge in [0.15, 0.2) is 6.19 Å². The first-order valence-electron chi connectivity index (χ1n) is 4.53. The van der Waals surface area contributed by atoms with Crippen molar-refractivity contribution in [3.63, 3.8) is 0 Å². The first-order valence-corrected chi connectivity index (χ1v) is 4.53. The van der Waals surface area contributed by atoms with Crippen LogP contribution in [-0.2, 0) is 13.0 Å². The summed E-state index contributed by atoms with van der Waals surface area (Å²) in [4.78, 5) is 1.81. The predicted octanol–water partition coefficient (Wildman–Crippen LogP) is 1.83. The van der Waals surface area contributed by atoms with E-state index in [1.165, 1.54) is 16.7 Å². The van der Waals surface area contributed by atoms with Crippen LogP contribution in [0.4, 0.5) is 0 Å². The zero-order chi connectivity index (χ0) is 9.26. The number of nitriles is 1. The van der Waals surface area contributed by atoms with E-state index in [9.17, 15) is 0 Å². The standard InChI is InChI=1S/C11H12N2/c1-9-3-2-4-10-5-6-13(8-12)7-11(9)10/h2-4H,5-7H2,1H3. The maximum absolute atomic E-state index is 8.78. The predicted molar refractivity (Wildman–Crippen MR) is 50.9 cm³/mol. The van der Waals surface area contributed by atoms with E-state index in [-0.39, 0.29) is 0 Å². The lowest BCUT2D eigenvalue weighted by Crippen LogP contribution is -2.26. The van der Waals surface area contributed by atoms with Crippen LogP contribution in [0.15, 0.2) is 18.2 Å². The zero-order valence-electron chi connectivity index (χ0n) is 7.75. The molecule has 0 fully saturated rings. The van der Waals surface area contributed by atoms with Gasteiger partial charge in [0.25, 0.3) is 0 Å². The van der Waals surface area contributed by atoms with Crippen molar-refractivity contribution in [2.75, 3.05) is 6.54 Å². The van der Waals surface area contributed by atoms with E-state index in [1.54, 1.807) is 0 Å². The van der Waals surface area contributed by atoms with Crippen molar-refractivity contribution in [1.29, 1.82) is 5.26 Å². The molecule has 13 heavy (non-hydrogen) atoms. The molecule has 66 valence electrons. The van der Waals surface area contributed by atoms with Crippen LogP contribution >= 0.6 is 0 Å². The van der Waals surface area contributed by atoms with Gasteiger partial charge >= 0.3 is 0 Å². The summed E-state index contributed by atoms with van der Waals surface area (Å²) in [6, 6.07) is 6.37. The lowest BCUT2D eigenvalue weighted by atomic mass is 9.96. The molecule has 0 saturated heterocycles. The lowest BCUT2D eigenvalue weighted by molar-refractivity contribution is 0.367. The van der Waals surface area contributed by atoms with Gasteiger partial charge < -0.3 is 4.90 Å². The number of rotatable bonds is 0. The van der Waals surface area contributed by atoms with Crippen LogP contribution in [0.25, 0.3) is 0 Å². The van der Waals surface area contributed by atoms with Crippen LogP contribution in [-0.4, -0.2) is 11.4 Å². The summed E-state index contributed by atoms with van der Waals surface area (Å²) in [5.41, 5.74) is 4.05. The van der Waals surface area contributed by atoms with Gasteiger partial charge in [0, 0.05) is 6.54 Å². The Morgan fingerprint density at radius 1 is 1.46 bits per heavy atom. The fraction of sp³-hybridized carbons (Fsp3) is 0.364. The first-order chi connectivity index (χ1) is 6.31. The molecule has 2 rings (SSSR count). The van der Waals surface area contributed by atoms with Gasteiger partial charge in [-0.25, -0.2) is 0 Å². The van der Waals surface area contributed by atoms with Gasteiger partial charge in [-0.2, -0.15) is 5.26 Å². The Morgan fingerprint density at radius 2 is 2.31 bits per heavy atom. The zero-order valence-corrected chi connectivity index (χ0v) is 7.75. The molecule has 2 heteroatoms. The van der Waals surface area contributed by atoms with E-state index in [2.05, 4.69) is 31.3 Å². The van der Waals surface area contributed by atoms with E-state index in [0.717, 1.165) is 19.5 Å². The van der Waals surface area contributed by atoms with Crippen molar-refractivity contribution in [3.8, 4) is 6.19 Å². The molecule has 1 aliphatic heterocycles. The maximum atomic E-state index is 8.78. The molecule has 1 aromatic rings. The quantitative estimate of drug-likeness (QED) is 0.558. The van der Waals surface area contributed by atoms with Crippen LogP contribution in [0.5, 0.6) is 0 Å². The number of hydrogen-bond acceptors (Lipinski definition) is 2. The van der Waals surface area contributed by atoms with E-state index < -0.39 is 0 Å². The minimum absolute atomic E-state index is 0.790. The smallest absolute Gasteiger partial charge is 0.179 e. The van der Waals surface area contributed by atoms with Gasteiger partial charge in [0.1, 0.15) is 0 Å². The Kier molecular flexibility index (Phi) is 1.94. The Hall–Kier alpha value is -1.49. The van der Waals surface area contributed by atoms with Crippen LogP contribution in [0.3, 0.4) is 0 Å². The molecular formula is C11H12N2. The highest BCUT2D eigenvalue weighted by molar-refractivity contribution is 5.36. The van der Waals surface area contributed by atoms with Gasteiger partial charge in [-0.15, -0.1) is 0 Å². The number of hydrogen-bond donors (Lipinski definition) is 0. The SMILES string of the molecule is Cc1cccc2c1CN(C#N)CC2. The summed E-state index contributed by atoms with van der Waals surface area (Å²) >= 11 is 0. The highest BCUT2D eigenvalue weighted by atomic mass is 15.1. The third-order valence-electron chi connectivity index (χ3n) is 2.65. The molecule has 0 aromatic heterocycles. The topological polar surface area (TPSA) is 27.0 Å². The van der Waals surface area contributed by atoms with E-state index in [4.69, 9.17) is 5.26 Å².